The van der Waals surface area contributed by atoms with Gasteiger partial charge in [0.15, 0.2) is 11.5 Å². The minimum absolute atomic E-state index is 0. The lowest BCUT2D eigenvalue weighted by atomic mass is 9.96. The van der Waals surface area contributed by atoms with Crippen LogP contribution in [-0.2, 0) is 10.0 Å². The van der Waals surface area contributed by atoms with E-state index in [-0.39, 0.29) is 49.0 Å². The molecular weight excluding hydrogens is 347 g/mol. The Morgan fingerprint density at radius 1 is 1.26 bits per heavy atom. The molecule has 0 aliphatic carbocycles. The van der Waals surface area contributed by atoms with E-state index in [2.05, 4.69) is 0 Å². The van der Waals surface area contributed by atoms with Crippen LogP contribution < -0.4 is 15.2 Å². The summed E-state index contributed by atoms with van der Waals surface area (Å²) < 4.78 is 50.9. The molecular formula is C14H22ClFN2O4S. The third-order valence-electron chi connectivity index (χ3n) is 3.99. The van der Waals surface area contributed by atoms with Gasteiger partial charge < -0.3 is 15.2 Å². The maximum Gasteiger partial charge on any atom is 0.246 e. The van der Waals surface area contributed by atoms with Gasteiger partial charge in [-0.25, -0.2) is 12.8 Å². The van der Waals surface area contributed by atoms with Crippen molar-refractivity contribution in [2.75, 3.05) is 27.3 Å². The zero-order valence-electron chi connectivity index (χ0n) is 13.3. The molecule has 0 spiro atoms. The van der Waals surface area contributed by atoms with Crippen molar-refractivity contribution in [3.63, 3.8) is 0 Å². The molecule has 1 aliphatic heterocycles. The molecule has 132 valence electrons. The molecule has 1 aromatic rings. The van der Waals surface area contributed by atoms with Gasteiger partial charge in [0.05, 0.1) is 14.2 Å². The van der Waals surface area contributed by atoms with Gasteiger partial charge in [0, 0.05) is 31.3 Å². The fraction of sp³-hybridized carbons (Fsp3) is 0.571. The quantitative estimate of drug-likeness (QED) is 0.873. The van der Waals surface area contributed by atoms with Crippen molar-refractivity contribution in [2.45, 2.75) is 24.3 Å². The molecule has 1 aromatic carbocycles. The van der Waals surface area contributed by atoms with Crippen LogP contribution in [0, 0.1) is 11.7 Å². The summed E-state index contributed by atoms with van der Waals surface area (Å²) in [6, 6.07) is 2.13. The Labute approximate surface area is 142 Å². The smallest absolute Gasteiger partial charge is 0.246 e. The molecule has 2 atom stereocenters. The summed E-state index contributed by atoms with van der Waals surface area (Å²) in [5, 5.41) is 0. The van der Waals surface area contributed by atoms with Crippen LogP contribution in [-0.4, -0.2) is 46.1 Å². The molecule has 1 heterocycles. The topological polar surface area (TPSA) is 81.9 Å². The van der Waals surface area contributed by atoms with Crippen LogP contribution in [0.5, 0.6) is 11.5 Å². The average molecular weight is 369 g/mol. The number of ether oxygens (including phenoxy) is 2. The van der Waals surface area contributed by atoms with Crippen molar-refractivity contribution in [1.82, 2.24) is 4.31 Å². The number of piperidine rings is 1. The minimum Gasteiger partial charge on any atom is -0.493 e. The molecule has 1 aliphatic rings. The van der Waals surface area contributed by atoms with Gasteiger partial charge in [-0.05, 0) is 12.3 Å². The van der Waals surface area contributed by atoms with E-state index in [1.807, 2.05) is 6.92 Å². The summed E-state index contributed by atoms with van der Waals surface area (Å²) in [6.07, 6.45) is 0.551. The van der Waals surface area contributed by atoms with Gasteiger partial charge in [0.25, 0.3) is 0 Å². The number of sulfonamides is 1. The summed E-state index contributed by atoms with van der Waals surface area (Å²) in [6.45, 7) is 2.44. The Kier molecular flexibility index (Phi) is 6.64. The highest BCUT2D eigenvalue weighted by molar-refractivity contribution is 7.89. The molecule has 0 amide bonds. The Morgan fingerprint density at radius 2 is 1.83 bits per heavy atom. The van der Waals surface area contributed by atoms with Crippen LogP contribution in [0.4, 0.5) is 4.39 Å². The summed E-state index contributed by atoms with van der Waals surface area (Å²) in [5.41, 5.74) is 5.90. The van der Waals surface area contributed by atoms with Gasteiger partial charge in [0.2, 0.25) is 10.0 Å². The molecule has 2 unspecified atom stereocenters. The maximum absolute atomic E-state index is 14.2. The highest BCUT2D eigenvalue weighted by Gasteiger charge is 2.34. The number of rotatable bonds is 4. The molecule has 2 rings (SSSR count). The molecule has 0 saturated carbocycles. The molecule has 0 radical (unpaired) electrons. The van der Waals surface area contributed by atoms with Crippen LogP contribution in [0.1, 0.15) is 13.3 Å². The Morgan fingerprint density at radius 3 is 2.35 bits per heavy atom. The third-order valence-corrected chi connectivity index (χ3v) is 5.87. The summed E-state index contributed by atoms with van der Waals surface area (Å²) in [5.74, 6) is -0.524. The first kappa shape index (κ1) is 20.0. The number of hydrogen-bond acceptors (Lipinski definition) is 5. The van der Waals surface area contributed by atoms with Gasteiger partial charge in [0.1, 0.15) is 10.7 Å². The number of benzene rings is 1. The number of nitrogens with zero attached hydrogens (tertiary/aromatic N) is 1. The average Bonchev–Trinajstić information content (AvgIpc) is 2.49. The molecule has 0 bridgehead atoms. The predicted molar refractivity (Wildman–Crippen MR) is 87.3 cm³/mol. The Bertz CT molecular complexity index is 656. The molecule has 2 N–H and O–H groups in total. The zero-order valence-corrected chi connectivity index (χ0v) is 14.9. The molecule has 1 fully saturated rings. The fourth-order valence-corrected chi connectivity index (χ4v) is 4.13. The standard InChI is InChI=1S/C14H21FN2O4S.ClH/c1-9-8-17(5-4-11(9)16)22(18,19)14-7-13(21-3)12(20-2)6-10(14)15;/h6-7,9,11H,4-5,8,16H2,1-3H3;1H. The number of halogens is 2. The second-order valence-corrected chi connectivity index (χ2v) is 7.34. The Balaban J connectivity index is 0.00000264. The van der Waals surface area contributed by atoms with Gasteiger partial charge in [-0.15, -0.1) is 12.4 Å². The van der Waals surface area contributed by atoms with E-state index in [1.54, 1.807) is 0 Å². The molecule has 0 aromatic heterocycles. The summed E-state index contributed by atoms with van der Waals surface area (Å²) in [7, 11) is -1.21. The van der Waals surface area contributed by atoms with E-state index < -0.39 is 20.7 Å². The molecule has 6 nitrogen and oxygen atoms in total. The normalized spacial score (nSPS) is 22.3. The van der Waals surface area contributed by atoms with Crippen molar-refractivity contribution < 1.29 is 22.3 Å². The zero-order chi connectivity index (χ0) is 16.5. The van der Waals surface area contributed by atoms with Gasteiger partial charge in [-0.1, -0.05) is 6.92 Å². The SMILES string of the molecule is COc1cc(F)c(S(=O)(=O)N2CCC(N)C(C)C2)cc1OC.Cl. The molecule has 23 heavy (non-hydrogen) atoms. The highest BCUT2D eigenvalue weighted by atomic mass is 35.5. The van der Waals surface area contributed by atoms with Crippen molar-refractivity contribution in [3.05, 3.63) is 17.9 Å². The van der Waals surface area contributed by atoms with Crippen LogP contribution in [0.15, 0.2) is 17.0 Å². The van der Waals surface area contributed by atoms with Gasteiger partial charge in [-0.2, -0.15) is 4.31 Å². The number of methoxy groups -OCH3 is 2. The first-order chi connectivity index (χ1) is 10.3. The molecule has 1 saturated heterocycles. The first-order valence-corrected chi connectivity index (χ1v) is 8.42. The number of hydrogen-bond donors (Lipinski definition) is 1. The van der Waals surface area contributed by atoms with E-state index >= 15 is 0 Å². The summed E-state index contributed by atoms with van der Waals surface area (Å²) in [4.78, 5) is -0.409. The van der Waals surface area contributed by atoms with E-state index in [0.29, 0.717) is 6.42 Å². The second-order valence-electron chi connectivity index (χ2n) is 5.43. The van der Waals surface area contributed by atoms with Crippen molar-refractivity contribution in [1.29, 1.82) is 0 Å². The third kappa shape index (κ3) is 3.88. The van der Waals surface area contributed by atoms with Crippen molar-refractivity contribution in [2.24, 2.45) is 11.7 Å². The van der Waals surface area contributed by atoms with E-state index in [9.17, 15) is 12.8 Å². The lowest BCUT2D eigenvalue weighted by Crippen LogP contribution is -2.48. The first-order valence-electron chi connectivity index (χ1n) is 6.98. The van der Waals surface area contributed by atoms with Gasteiger partial charge in [-0.3, -0.25) is 0 Å². The van der Waals surface area contributed by atoms with E-state index in [4.69, 9.17) is 15.2 Å². The monoisotopic (exact) mass is 368 g/mol. The fourth-order valence-electron chi connectivity index (χ4n) is 2.52. The lowest BCUT2D eigenvalue weighted by molar-refractivity contribution is 0.249. The predicted octanol–water partition coefficient (Wildman–Crippen LogP) is 1.62. The van der Waals surface area contributed by atoms with E-state index in [1.165, 1.54) is 18.5 Å². The minimum atomic E-state index is -3.94. The second kappa shape index (κ2) is 7.65. The van der Waals surface area contributed by atoms with Crippen molar-refractivity contribution in [3.8, 4) is 11.5 Å². The largest absolute Gasteiger partial charge is 0.493 e. The maximum atomic E-state index is 14.2. The number of nitrogens with two attached hydrogens (primary N) is 1. The van der Waals surface area contributed by atoms with Crippen molar-refractivity contribution >= 4 is 22.4 Å². The Hall–Kier alpha value is -1.09. The van der Waals surface area contributed by atoms with Crippen LogP contribution >= 0.6 is 12.4 Å². The van der Waals surface area contributed by atoms with Crippen LogP contribution in [0.2, 0.25) is 0 Å². The lowest BCUT2D eigenvalue weighted by Gasteiger charge is -2.34. The summed E-state index contributed by atoms with van der Waals surface area (Å²) >= 11 is 0. The van der Waals surface area contributed by atoms with Gasteiger partial charge >= 0.3 is 0 Å². The molecule has 9 heteroatoms. The van der Waals surface area contributed by atoms with Crippen LogP contribution in [0.3, 0.4) is 0 Å². The van der Waals surface area contributed by atoms with E-state index in [0.717, 1.165) is 12.1 Å². The van der Waals surface area contributed by atoms with Crippen LogP contribution in [0.25, 0.3) is 0 Å². The highest BCUT2D eigenvalue weighted by Crippen LogP contribution is 2.34.